The molecule has 0 unspecified atom stereocenters. The number of ether oxygens (including phenoxy) is 1. The van der Waals surface area contributed by atoms with Crippen LogP contribution in [0.25, 0.3) is 0 Å². The van der Waals surface area contributed by atoms with Crippen molar-refractivity contribution in [3.05, 3.63) is 63.1 Å². The molecular formula is C29H32Cl3N3O4. The van der Waals surface area contributed by atoms with Crippen LogP contribution >= 0.6 is 34.8 Å². The van der Waals surface area contributed by atoms with Gasteiger partial charge < -0.3 is 19.9 Å². The monoisotopic (exact) mass is 591 g/mol. The van der Waals surface area contributed by atoms with Crippen molar-refractivity contribution in [3.8, 4) is 5.75 Å². The summed E-state index contributed by atoms with van der Waals surface area (Å²) in [6, 6.07) is 12.1. The predicted octanol–water partition coefficient (Wildman–Crippen LogP) is 6.02. The van der Waals surface area contributed by atoms with Gasteiger partial charge in [0.05, 0.1) is 10.0 Å². The third-order valence-electron chi connectivity index (χ3n) is 8.30. The van der Waals surface area contributed by atoms with Gasteiger partial charge in [0.15, 0.2) is 0 Å². The molecule has 7 nitrogen and oxygen atoms in total. The molecule has 1 saturated carbocycles. The van der Waals surface area contributed by atoms with E-state index in [2.05, 4.69) is 5.32 Å². The summed E-state index contributed by atoms with van der Waals surface area (Å²) in [6.45, 7) is 4.62. The Hall–Kier alpha value is -2.48. The summed E-state index contributed by atoms with van der Waals surface area (Å²) in [5.41, 5.74) is 0.782. The number of hydrogen-bond donors (Lipinski definition) is 1. The van der Waals surface area contributed by atoms with Crippen LogP contribution in [0, 0.1) is 17.3 Å². The van der Waals surface area contributed by atoms with Gasteiger partial charge in [-0.3, -0.25) is 9.59 Å². The molecule has 3 aliphatic rings. The first kappa shape index (κ1) is 28.1. The Morgan fingerprint density at radius 1 is 0.949 bits per heavy atom. The first-order valence-electron chi connectivity index (χ1n) is 13.4. The van der Waals surface area contributed by atoms with Gasteiger partial charge in [0.25, 0.3) is 0 Å². The van der Waals surface area contributed by atoms with Crippen molar-refractivity contribution in [2.24, 2.45) is 17.3 Å². The van der Waals surface area contributed by atoms with Gasteiger partial charge in [-0.25, -0.2) is 4.79 Å². The third kappa shape index (κ3) is 6.47. The summed E-state index contributed by atoms with van der Waals surface area (Å²) in [5.74, 6) is 0.539. The molecule has 2 atom stereocenters. The number of likely N-dealkylation sites (tertiary alicyclic amines) is 2. The van der Waals surface area contributed by atoms with Crippen LogP contribution in [-0.2, 0) is 9.59 Å². The zero-order valence-electron chi connectivity index (χ0n) is 21.8. The highest BCUT2D eigenvalue weighted by molar-refractivity contribution is 6.42. The highest BCUT2D eigenvalue weighted by Gasteiger charge is 2.48. The number of hydrogen-bond acceptors (Lipinski definition) is 4. The van der Waals surface area contributed by atoms with Crippen LogP contribution in [-0.4, -0.2) is 60.4 Å². The van der Waals surface area contributed by atoms with Crippen LogP contribution in [0.2, 0.25) is 15.1 Å². The van der Waals surface area contributed by atoms with E-state index in [-0.39, 0.29) is 35.0 Å². The first-order chi connectivity index (χ1) is 18.6. The van der Waals surface area contributed by atoms with Crippen LogP contribution < -0.4 is 10.1 Å². The second kappa shape index (κ2) is 11.6. The van der Waals surface area contributed by atoms with Gasteiger partial charge in [-0.05, 0) is 67.6 Å². The Morgan fingerprint density at radius 2 is 1.64 bits per heavy atom. The summed E-state index contributed by atoms with van der Waals surface area (Å²) in [5, 5.41) is 4.33. The lowest BCUT2D eigenvalue weighted by Gasteiger charge is -2.34. The topological polar surface area (TPSA) is 79.0 Å². The summed E-state index contributed by atoms with van der Waals surface area (Å²) in [7, 11) is 0. The molecule has 1 aliphatic carbocycles. The van der Waals surface area contributed by atoms with E-state index in [0.29, 0.717) is 66.4 Å². The standard InChI is InChI=1S/C29H32Cl3N3O4/c1-29(10-11-29)27(37)34-12-8-18(9-13-34)26(36)35-16-20(23(17-35)19-2-7-24(31)25(32)14-19)15-33-28(38)39-22-5-3-21(30)4-6-22/h2-7,14,18,20,23H,8-13,15-17H2,1H3,(H,33,38)/t20-,23-/m0/s1. The Bertz CT molecular complexity index is 1240. The van der Waals surface area contributed by atoms with Gasteiger partial charge in [0, 0.05) is 60.9 Å². The van der Waals surface area contributed by atoms with E-state index in [1.165, 1.54) is 0 Å². The molecule has 39 heavy (non-hydrogen) atoms. The number of nitrogens with one attached hydrogen (secondary N) is 1. The predicted molar refractivity (Wildman–Crippen MR) is 151 cm³/mol. The second-order valence-electron chi connectivity index (χ2n) is 11.1. The van der Waals surface area contributed by atoms with Crippen molar-refractivity contribution in [2.75, 3.05) is 32.7 Å². The van der Waals surface area contributed by atoms with E-state index in [1.54, 1.807) is 30.3 Å². The number of piperidine rings is 1. The Balaban J connectivity index is 1.23. The molecule has 10 heteroatoms. The molecule has 1 N–H and O–H groups in total. The molecule has 0 radical (unpaired) electrons. The van der Waals surface area contributed by atoms with Crippen molar-refractivity contribution in [2.45, 2.75) is 38.5 Å². The quantitative estimate of drug-likeness (QED) is 0.445. The number of amides is 3. The molecule has 2 aromatic rings. The van der Waals surface area contributed by atoms with Crippen LogP contribution in [0.3, 0.4) is 0 Å². The average molecular weight is 593 g/mol. The van der Waals surface area contributed by atoms with Gasteiger partial charge in [-0.15, -0.1) is 0 Å². The Kier molecular flexibility index (Phi) is 8.32. The lowest BCUT2D eigenvalue weighted by Crippen LogP contribution is -2.46. The normalized spacial score (nSPS) is 22.5. The van der Waals surface area contributed by atoms with E-state index >= 15 is 0 Å². The molecular weight excluding hydrogens is 561 g/mol. The molecule has 3 fully saturated rings. The minimum atomic E-state index is -0.573. The van der Waals surface area contributed by atoms with Crippen LogP contribution in [0.1, 0.15) is 44.1 Å². The van der Waals surface area contributed by atoms with Crippen LogP contribution in [0.15, 0.2) is 42.5 Å². The van der Waals surface area contributed by atoms with Crippen molar-refractivity contribution in [3.63, 3.8) is 0 Å². The van der Waals surface area contributed by atoms with Crippen molar-refractivity contribution in [1.82, 2.24) is 15.1 Å². The molecule has 2 aliphatic heterocycles. The molecule has 2 heterocycles. The van der Waals surface area contributed by atoms with Crippen LogP contribution in [0.5, 0.6) is 5.75 Å². The minimum Gasteiger partial charge on any atom is -0.410 e. The number of nitrogens with zero attached hydrogens (tertiary/aromatic N) is 2. The Labute approximate surface area is 243 Å². The fourth-order valence-corrected chi connectivity index (χ4v) is 6.04. The van der Waals surface area contributed by atoms with E-state index in [9.17, 15) is 14.4 Å². The summed E-state index contributed by atoms with van der Waals surface area (Å²) in [4.78, 5) is 42.6. The molecule has 5 rings (SSSR count). The Morgan fingerprint density at radius 3 is 2.28 bits per heavy atom. The molecule has 0 bridgehead atoms. The fraction of sp³-hybridized carbons (Fsp3) is 0.483. The highest BCUT2D eigenvalue weighted by atomic mass is 35.5. The number of halogens is 3. The van der Waals surface area contributed by atoms with Gasteiger partial charge in [-0.1, -0.05) is 47.8 Å². The van der Waals surface area contributed by atoms with E-state index in [4.69, 9.17) is 39.5 Å². The maximum atomic E-state index is 13.6. The molecule has 2 saturated heterocycles. The minimum absolute atomic E-state index is 0.0315. The SMILES string of the molecule is CC1(C(=O)N2CCC(C(=O)N3C[C@H](CNC(=O)Oc4ccc(Cl)cc4)[C@H](c4ccc(Cl)c(Cl)c4)C3)CC2)CC1. The van der Waals surface area contributed by atoms with Crippen LogP contribution in [0.4, 0.5) is 4.79 Å². The van der Waals surface area contributed by atoms with E-state index < -0.39 is 6.09 Å². The summed E-state index contributed by atoms with van der Waals surface area (Å²) >= 11 is 18.4. The number of benzene rings is 2. The third-order valence-corrected chi connectivity index (χ3v) is 9.30. The van der Waals surface area contributed by atoms with Crippen molar-refractivity contribution >= 4 is 52.7 Å². The second-order valence-corrected chi connectivity index (χ2v) is 12.4. The van der Waals surface area contributed by atoms with Gasteiger partial charge in [0.1, 0.15) is 5.75 Å². The number of carbonyl (C=O) groups is 3. The molecule has 2 aromatic carbocycles. The van der Waals surface area contributed by atoms with Crippen molar-refractivity contribution < 1.29 is 19.1 Å². The molecule has 208 valence electrons. The zero-order valence-corrected chi connectivity index (χ0v) is 24.1. The average Bonchev–Trinajstić information content (AvgIpc) is 3.54. The van der Waals surface area contributed by atoms with Crippen molar-refractivity contribution in [1.29, 1.82) is 0 Å². The van der Waals surface area contributed by atoms with E-state index in [0.717, 1.165) is 18.4 Å². The molecule has 3 amide bonds. The molecule has 0 aromatic heterocycles. The molecule has 0 spiro atoms. The lowest BCUT2D eigenvalue weighted by atomic mass is 9.89. The van der Waals surface area contributed by atoms with Gasteiger partial charge in [0.2, 0.25) is 11.8 Å². The van der Waals surface area contributed by atoms with Gasteiger partial charge in [-0.2, -0.15) is 0 Å². The van der Waals surface area contributed by atoms with E-state index in [1.807, 2.05) is 28.9 Å². The summed E-state index contributed by atoms with van der Waals surface area (Å²) < 4.78 is 5.37. The van der Waals surface area contributed by atoms with Gasteiger partial charge >= 0.3 is 6.09 Å². The highest BCUT2D eigenvalue weighted by Crippen LogP contribution is 2.47. The first-order valence-corrected chi connectivity index (χ1v) is 14.5. The maximum absolute atomic E-state index is 13.6. The fourth-order valence-electron chi connectivity index (χ4n) is 5.61. The summed E-state index contributed by atoms with van der Waals surface area (Å²) in [6.07, 6.45) is 2.68. The lowest BCUT2D eigenvalue weighted by molar-refractivity contribution is -0.142. The zero-order chi connectivity index (χ0) is 27.7. The largest absolute Gasteiger partial charge is 0.412 e. The maximum Gasteiger partial charge on any atom is 0.412 e. The number of carbonyl (C=O) groups excluding carboxylic acids is 3. The number of rotatable bonds is 6. The smallest absolute Gasteiger partial charge is 0.410 e.